The SMILES string of the molecule is O=C(Nc1nc(CC(=O)N2CCc3ccccc32)cs1)c1ccco1. The number of rotatable bonds is 4. The molecule has 0 aliphatic carbocycles. The summed E-state index contributed by atoms with van der Waals surface area (Å²) in [5.74, 6) is -0.119. The minimum Gasteiger partial charge on any atom is -0.459 e. The number of carbonyl (C=O) groups excluding carboxylic acids is 2. The van der Waals surface area contributed by atoms with E-state index in [0.29, 0.717) is 17.4 Å². The summed E-state index contributed by atoms with van der Waals surface area (Å²) >= 11 is 1.29. The van der Waals surface area contributed by atoms with Crippen LogP contribution in [0.2, 0.25) is 0 Å². The molecule has 0 radical (unpaired) electrons. The molecule has 1 N–H and O–H groups in total. The van der Waals surface area contributed by atoms with E-state index >= 15 is 0 Å². The van der Waals surface area contributed by atoms with Crippen LogP contribution in [-0.2, 0) is 17.6 Å². The Morgan fingerprint density at radius 3 is 2.96 bits per heavy atom. The molecule has 4 rings (SSSR count). The van der Waals surface area contributed by atoms with Gasteiger partial charge in [-0.05, 0) is 30.2 Å². The summed E-state index contributed by atoms with van der Waals surface area (Å²) < 4.78 is 5.04. The first-order valence-corrected chi connectivity index (χ1v) is 8.76. The van der Waals surface area contributed by atoms with Crippen molar-refractivity contribution in [1.29, 1.82) is 0 Å². The standard InChI is InChI=1S/C18H15N3O3S/c22-16(21-8-7-12-4-1-2-5-14(12)21)10-13-11-25-18(19-13)20-17(23)15-6-3-9-24-15/h1-6,9,11H,7-8,10H2,(H,19,20,23). The Labute approximate surface area is 148 Å². The number of para-hydroxylation sites is 1. The minimum absolute atomic E-state index is 0.0131. The van der Waals surface area contributed by atoms with Gasteiger partial charge in [0.25, 0.3) is 5.91 Å². The second kappa shape index (κ2) is 6.52. The number of thiazole rings is 1. The second-order valence-electron chi connectivity index (χ2n) is 5.68. The Hall–Kier alpha value is -2.93. The van der Waals surface area contributed by atoms with Crippen LogP contribution in [0.25, 0.3) is 0 Å². The van der Waals surface area contributed by atoms with Crippen LogP contribution in [0.5, 0.6) is 0 Å². The molecule has 2 amide bonds. The number of hydrogen-bond acceptors (Lipinski definition) is 5. The molecule has 2 aromatic heterocycles. The molecule has 6 nitrogen and oxygen atoms in total. The Morgan fingerprint density at radius 2 is 2.12 bits per heavy atom. The summed E-state index contributed by atoms with van der Waals surface area (Å²) in [6, 6.07) is 11.2. The van der Waals surface area contributed by atoms with Crippen molar-refractivity contribution in [2.75, 3.05) is 16.8 Å². The van der Waals surface area contributed by atoms with E-state index in [2.05, 4.69) is 10.3 Å². The topological polar surface area (TPSA) is 75.4 Å². The molecular formula is C18H15N3O3S. The number of anilines is 2. The van der Waals surface area contributed by atoms with Crippen molar-refractivity contribution < 1.29 is 14.0 Å². The first-order chi connectivity index (χ1) is 12.2. The van der Waals surface area contributed by atoms with Crippen molar-refractivity contribution >= 4 is 34.0 Å². The van der Waals surface area contributed by atoms with E-state index in [4.69, 9.17) is 4.42 Å². The average molecular weight is 353 g/mol. The lowest BCUT2D eigenvalue weighted by Gasteiger charge is -2.16. The predicted molar refractivity (Wildman–Crippen MR) is 95.0 cm³/mol. The van der Waals surface area contributed by atoms with Gasteiger partial charge in [-0.15, -0.1) is 11.3 Å². The van der Waals surface area contributed by atoms with Gasteiger partial charge in [-0.25, -0.2) is 4.98 Å². The summed E-state index contributed by atoms with van der Waals surface area (Å²) in [4.78, 5) is 30.6. The van der Waals surface area contributed by atoms with Crippen molar-refractivity contribution in [3.05, 3.63) is 65.1 Å². The Morgan fingerprint density at radius 1 is 1.24 bits per heavy atom. The molecule has 0 unspecified atom stereocenters. The smallest absolute Gasteiger partial charge is 0.293 e. The van der Waals surface area contributed by atoms with E-state index in [-0.39, 0.29) is 24.0 Å². The molecular weight excluding hydrogens is 338 g/mol. The van der Waals surface area contributed by atoms with Crippen LogP contribution in [0.4, 0.5) is 10.8 Å². The van der Waals surface area contributed by atoms with Gasteiger partial charge < -0.3 is 9.32 Å². The molecule has 7 heteroatoms. The van der Waals surface area contributed by atoms with Crippen LogP contribution in [0, 0.1) is 0 Å². The molecule has 1 aromatic carbocycles. The highest BCUT2D eigenvalue weighted by Gasteiger charge is 2.24. The number of nitrogens with zero attached hydrogens (tertiary/aromatic N) is 2. The van der Waals surface area contributed by atoms with Gasteiger partial charge in [0, 0.05) is 17.6 Å². The van der Waals surface area contributed by atoms with Crippen molar-refractivity contribution in [3.63, 3.8) is 0 Å². The number of aromatic nitrogens is 1. The van der Waals surface area contributed by atoms with Crippen molar-refractivity contribution in [2.45, 2.75) is 12.8 Å². The maximum absolute atomic E-state index is 12.6. The van der Waals surface area contributed by atoms with Crippen LogP contribution in [0.1, 0.15) is 21.8 Å². The van der Waals surface area contributed by atoms with Gasteiger partial charge in [0.05, 0.1) is 18.4 Å². The van der Waals surface area contributed by atoms with Gasteiger partial charge in [0.15, 0.2) is 10.9 Å². The lowest BCUT2D eigenvalue weighted by Crippen LogP contribution is -2.30. The number of amides is 2. The molecule has 0 spiro atoms. The monoisotopic (exact) mass is 353 g/mol. The fourth-order valence-electron chi connectivity index (χ4n) is 2.86. The number of benzene rings is 1. The summed E-state index contributed by atoms with van der Waals surface area (Å²) in [5.41, 5.74) is 2.82. The molecule has 1 aliphatic rings. The molecule has 0 bridgehead atoms. The third-order valence-electron chi connectivity index (χ3n) is 4.04. The van der Waals surface area contributed by atoms with Gasteiger partial charge in [0.2, 0.25) is 5.91 Å². The Kier molecular flexibility index (Phi) is 4.07. The third-order valence-corrected chi connectivity index (χ3v) is 4.84. The van der Waals surface area contributed by atoms with Gasteiger partial charge >= 0.3 is 0 Å². The van der Waals surface area contributed by atoms with Crippen LogP contribution in [-0.4, -0.2) is 23.3 Å². The van der Waals surface area contributed by atoms with Crippen LogP contribution in [0.15, 0.2) is 52.5 Å². The van der Waals surface area contributed by atoms with Gasteiger partial charge in [0.1, 0.15) is 0 Å². The third kappa shape index (κ3) is 3.18. The molecule has 3 heterocycles. The highest BCUT2D eigenvalue weighted by molar-refractivity contribution is 7.14. The van der Waals surface area contributed by atoms with Crippen molar-refractivity contribution in [3.8, 4) is 0 Å². The summed E-state index contributed by atoms with van der Waals surface area (Å²) in [6.07, 6.45) is 2.53. The predicted octanol–water partition coefficient (Wildman–Crippen LogP) is 3.12. The summed E-state index contributed by atoms with van der Waals surface area (Å²) in [7, 11) is 0. The summed E-state index contributed by atoms with van der Waals surface area (Å²) in [5, 5.41) is 4.91. The molecule has 0 atom stereocenters. The molecule has 0 saturated carbocycles. The molecule has 3 aromatic rings. The number of nitrogens with one attached hydrogen (secondary N) is 1. The highest BCUT2D eigenvalue weighted by Crippen LogP contribution is 2.28. The molecule has 0 saturated heterocycles. The maximum atomic E-state index is 12.6. The number of furan rings is 1. The second-order valence-corrected chi connectivity index (χ2v) is 6.53. The van der Waals surface area contributed by atoms with Crippen LogP contribution in [0.3, 0.4) is 0 Å². The number of fused-ring (bicyclic) bond motifs is 1. The lowest BCUT2D eigenvalue weighted by molar-refractivity contribution is -0.117. The van der Waals surface area contributed by atoms with Crippen LogP contribution < -0.4 is 10.2 Å². The molecule has 126 valence electrons. The van der Waals surface area contributed by atoms with E-state index in [9.17, 15) is 9.59 Å². The van der Waals surface area contributed by atoms with Crippen molar-refractivity contribution in [2.24, 2.45) is 0 Å². The maximum Gasteiger partial charge on any atom is 0.293 e. The van der Waals surface area contributed by atoms with Gasteiger partial charge in [-0.2, -0.15) is 0 Å². The Balaban J connectivity index is 1.41. The largest absolute Gasteiger partial charge is 0.459 e. The van der Waals surface area contributed by atoms with Crippen LogP contribution >= 0.6 is 11.3 Å². The fraction of sp³-hybridized carbons (Fsp3) is 0.167. The Bertz CT molecular complexity index is 917. The molecule has 0 fully saturated rings. The highest BCUT2D eigenvalue weighted by atomic mass is 32.1. The minimum atomic E-state index is -0.356. The molecule has 25 heavy (non-hydrogen) atoms. The van der Waals surface area contributed by atoms with Gasteiger partial charge in [-0.1, -0.05) is 18.2 Å². The number of hydrogen-bond donors (Lipinski definition) is 1. The zero-order valence-corrected chi connectivity index (χ0v) is 14.1. The van der Waals surface area contributed by atoms with E-state index < -0.39 is 0 Å². The lowest BCUT2D eigenvalue weighted by atomic mass is 10.2. The zero-order chi connectivity index (χ0) is 17.2. The van der Waals surface area contributed by atoms with E-state index in [0.717, 1.165) is 12.1 Å². The van der Waals surface area contributed by atoms with E-state index in [1.165, 1.54) is 23.2 Å². The zero-order valence-electron chi connectivity index (χ0n) is 13.3. The first-order valence-electron chi connectivity index (χ1n) is 7.88. The average Bonchev–Trinajstić information content (AvgIpc) is 3.35. The van der Waals surface area contributed by atoms with E-state index in [1.54, 1.807) is 22.4 Å². The molecule has 1 aliphatic heterocycles. The van der Waals surface area contributed by atoms with Gasteiger partial charge in [-0.3, -0.25) is 14.9 Å². The van der Waals surface area contributed by atoms with E-state index in [1.807, 2.05) is 24.3 Å². The normalized spacial score (nSPS) is 12.9. The summed E-state index contributed by atoms with van der Waals surface area (Å²) in [6.45, 7) is 0.699. The fourth-order valence-corrected chi connectivity index (χ4v) is 3.57. The number of carbonyl (C=O) groups is 2. The van der Waals surface area contributed by atoms with Crippen molar-refractivity contribution in [1.82, 2.24) is 4.98 Å². The first kappa shape index (κ1) is 15.6. The quantitative estimate of drug-likeness (QED) is 0.782.